The number of hydrogen-bond acceptors (Lipinski definition) is 5. The Bertz CT molecular complexity index is 911. The highest BCUT2D eigenvalue weighted by Crippen LogP contribution is 2.19. The van der Waals surface area contributed by atoms with Gasteiger partial charge in [0, 0.05) is 13.0 Å². The van der Waals surface area contributed by atoms with Gasteiger partial charge in [-0.1, -0.05) is 43.7 Å². The summed E-state index contributed by atoms with van der Waals surface area (Å²) in [5.41, 5.74) is 2.85. The van der Waals surface area contributed by atoms with Gasteiger partial charge in [0.2, 0.25) is 0 Å². The van der Waals surface area contributed by atoms with Crippen LogP contribution in [-0.4, -0.2) is 37.7 Å². The van der Waals surface area contributed by atoms with E-state index in [9.17, 15) is 4.79 Å². The number of carbonyl (C=O) groups excluding carboxylic acids is 1. The van der Waals surface area contributed by atoms with Gasteiger partial charge in [0.05, 0.1) is 27.9 Å². The van der Waals surface area contributed by atoms with E-state index >= 15 is 0 Å². The molecule has 0 unspecified atom stereocenters. The Kier molecular flexibility index (Phi) is 10.5. The van der Waals surface area contributed by atoms with Crippen LogP contribution >= 0.6 is 11.3 Å². The van der Waals surface area contributed by atoms with Crippen LogP contribution in [0.15, 0.2) is 58.5 Å². The molecule has 1 aromatic heterocycles. The van der Waals surface area contributed by atoms with E-state index in [1.807, 2.05) is 58.0 Å². The summed E-state index contributed by atoms with van der Waals surface area (Å²) in [5, 5.41) is 1.14. The number of rotatable bonds is 2. The molecule has 3 aromatic rings. The lowest BCUT2D eigenvalue weighted by Crippen LogP contribution is -2.02. The molecule has 0 bridgehead atoms. The first-order chi connectivity index (χ1) is 13.8. The van der Waals surface area contributed by atoms with Crippen LogP contribution in [0.2, 0.25) is 0 Å². The van der Waals surface area contributed by atoms with E-state index in [1.165, 1.54) is 11.8 Å². The minimum absolute atomic E-state index is 0.287. The van der Waals surface area contributed by atoms with Crippen LogP contribution in [0.3, 0.4) is 0 Å². The van der Waals surface area contributed by atoms with Gasteiger partial charge in [-0.05, 0) is 44.8 Å². The van der Waals surface area contributed by atoms with Crippen LogP contribution < -0.4 is 0 Å². The molecule has 154 valence electrons. The first kappa shape index (κ1) is 24.2. The van der Waals surface area contributed by atoms with Crippen molar-refractivity contribution >= 4 is 40.1 Å². The molecule has 0 aliphatic heterocycles. The number of para-hydroxylation sites is 1. The molecule has 0 amide bonds. The number of hydrogen-bond donors (Lipinski definition) is 0. The lowest BCUT2D eigenvalue weighted by molar-refractivity contribution is 0.0600. The highest BCUT2D eigenvalue weighted by molar-refractivity contribution is 7.18. The second kappa shape index (κ2) is 12.6. The fraction of sp³-hybridized carbons (Fsp3) is 0.304. The zero-order chi connectivity index (χ0) is 21.8. The van der Waals surface area contributed by atoms with Crippen LogP contribution in [0.4, 0.5) is 0 Å². The fourth-order valence-electron chi connectivity index (χ4n) is 2.31. The van der Waals surface area contributed by atoms with Crippen molar-refractivity contribution in [2.24, 2.45) is 15.9 Å². The van der Waals surface area contributed by atoms with Gasteiger partial charge < -0.3 is 4.74 Å². The third-order valence-corrected chi connectivity index (χ3v) is 4.73. The molecule has 5 nitrogen and oxygen atoms in total. The average molecular weight is 412 g/mol. The van der Waals surface area contributed by atoms with Crippen molar-refractivity contribution in [3.8, 4) is 0 Å². The summed E-state index contributed by atoms with van der Waals surface area (Å²) in [6.07, 6.45) is 0. The van der Waals surface area contributed by atoms with Crippen LogP contribution in [0, 0.1) is 19.8 Å². The summed E-state index contributed by atoms with van der Waals surface area (Å²) in [4.78, 5) is 22.8. The van der Waals surface area contributed by atoms with Crippen molar-refractivity contribution in [1.82, 2.24) is 4.98 Å². The summed E-state index contributed by atoms with van der Waals surface area (Å²) in [7, 11) is 3.10. The first-order valence-corrected chi connectivity index (χ1v) is 10.0. The van der Waals surface area contributed by atoms with E-state index in [4.69, 9.17) is 0 Å². The van der Waals surface area contributed by atoms with Gasteiger partial charge in [-0.2, -0.15) is 0 Å². The number of aromatic nitrogens is 1. The second-order valence-corrected chi connectivity index (χ2v) is 7.69. The molecule has 0 fully saturated rings. The monoisotopic (exact) mass is 411 g/mol. The minimum atomic E-state index is -0.287. The lowest BCUT2D eigenvalue weighted by atomic mass is 10.2. The molecular weight excluding hydrogens is 382 g/mol. The molecule has 0 N–H and O–H groups in total. The van der Waals surface area contributed by atoms with Gasteiger partial charge >= 0.3 is 5.97 Å². The number of amidine groups is 1. The molecule has 0 saturated carbocycles. The number of fused-ring (bicyclic) bond motifs is 1. The molecule has 0 spiro atoms. The average Bonchev–Trinajstić information content (AvgIpc) is 3.09. The molecule has 29 heavy (non-hydrogen) atoms. The quantitative estimate of drug-likeness (QED) is 0.306. The maximum Gasteiger partial charge on any atom is 0.337 e. The number of methoxy groups -OCH3 is 1. The van der Waals surface area contributed by atoms with Gasteiger partial charge in [-0.3, -0.25) is 4.99 Å². The summed E-state index contributed by atoms with van der Waals surface area (Å²) in [6, 6.07) is 15.5. The van der Waals surface area contributed by atoms with Gasteiger partial charge in [0.25, 0.3) is 0 Å². The third kappa shape index (κ3) is 8.35. The zero-order valence-electron chi connectivity index (χ0n) is 18.0. The Labute approximate surface area is 177 Å². The van der Waals surface area contributed by atoms with Crippen molar-refractivity contribution in [3.05, 3.63) is 64.7 Å². The van der Waals surface area contributed by atoms with Crippen molar-refractivity contribution in [2.45, 2.75) is 27.7 Å². The SMILES string of the molecule is C=NC(=NC)C(C)C.COC(=O)c1ccc(C)cc1.Cc1nc2ccccc2s1. The standard InChI is InChI=1S/C9H10O2.C8H7NS.C6H12N2/c1-7-3-5-8(6-4-7)9(10)11-2;1-6-9-7-4-2-3-5-8(7)10-6;1-5(2)6(7-3)8-4/h3-6H,1-2H3;2-5H,1H3;5H,3H2,1-2,4H3. The molecule has 0 aliphatic carbocycles. The first-order valence-electron chi connectivity index (χ1n) is 9.22. The number of nitrogens with zero attached hydrogens (tertiary/aromatic N) is 3. The Hall–Kier alpha value is -2.86. The van der Waals surface area contributed by atoms with Gasteiger partial charge in [0.1, 0.15) is 5.84 Å². The predicted octanol–water partition coefficient (Wildman–Crippen LogP) is 5.76. The fourth-order valence-corrected chi connectivity index (χ4v) is 3.13. The van der Waals surface area contributed by atoms with Gasteiger partial charge in [0.15, 0.2) is 0 Å². The van der Waals surface area contributed by atoms with Crippen LogP contribution in [0.5, 0.6) is 0 Å². The maximum atomic E-state index is 10.9. The van der Waals surface area contributed by atoms with Crippen LogP contribution in [0.25, 0.3) is 10.2 Å². The largest absolute Gasteiger partial charge is 0.465 e. The lowest BCUT2D eigenvalue weighted by Gasteiger charge is -1.99. The highest BCUT2D eigenvalue weighted by Gasteiger charge is 2.02. The summed E-state index contributed by atoms with van der Waals surface area (Å²) in [6.45, 7) is 11.5. The summed E-state index contributed by atoms with van der Waals surface area (Å²) < 4.78 is 5.81. The normalized spacial score (nSPS) is 10.5. The molecule has 1 heterocycles. The Morgan fingerprint density at radius 3 is 2.17 bits per heavy atom. The van der Waals surface area contributed by atoms with E-state index < -0.39 is 0 Å². The molecule has 0 saturated heterocycles. The number of esters is 1. The molecule has 0 aliphatic rings. The number of carbonyl (C=O) groups is 1. The van der Waals surface area contributed by atoms with Crippen LogP contribution in [-0.2, 0) is 4.74 Å². The number of ether oxygens (including phenoxy) is 1. The van der Waals surface area contributed by atoms with Crippen molar-refractivity contribution in [3.63, 3.8) is 0 Å². The number of aryl methyl sites for hydroxylation is 2. The summed E-state index contributed by atoms with van der Waals surface area (Å²) in [5.74, 6) is 0.938. The minimum Gasteiger partial charge on any atom is -0.465 e. The van der Waals surface area contributed by atoms with Crippen molar-refractivity contribution in [2.75, 3.05) is 14.2 Å². The molecule has 3 rings (SSSR count). The Morgan fingerprint density at radius 1 is 1.10 bits per heavy atom. The predicted molar refractivity (Wildman–Crippen MR) is 125 cm³/mol. The number of thiazole rings is 1. The summed E-state index contributed by atoms with van der Waals surface area (Å²) >= 11 is 1.74. The number of benzene rings is 2. The smallest absolute Gasteiger partial charge is 0.337 e. The van der Waals surface area contributed by atoms with E-state index in [1.54, 1.807) is 30.5 Å². The molecular formula is C23H29N3O2S. The van der Waals surface area contributed by atoms with E-state index in [-0.39, 0.29) is 5.97 Å². The van der Waals surface area contributed by atoms with E-state index in [0.29, 0.717) is 11.5 Å². The van der Waals surface area contributed by atoms with Gasteiger partial charge in [-0.25, -0.2) is 14.8 Å². The Balaban J connectivity index is 0.000000221. The van der Waals surface area contributed by atoms with E-state index in [2.05, 4.69) is 32.5 Å². The second-order valence-electron chi connectivity index (χ2n) is 6.45. The molecule has 6 heteroatoms. The topological polar surface area (TPSA) is 63.9 Å². The van der Waals surface area contributed by atoms with E-state index in [0.717, 1.165) is 21.9 Å². The molecule has 2 aromatic carbocycles. The highest BCUT2D eigenvalue weighted by atomic mass is 32.1. The Morgan fingerprint density at radius 2 is 1.72 bits per heavy atom. The van der Waals surface area contributed by atoms with Gasteiger partial charge in [-0.15, -0.1) is 11.3 Å². The maximum absolute atomic E-state index is 10.9. The zero-order valence-corrected chi connectivity index (χ0v) is 18.8. The van der Waals surface area contributed by atoms with Crippen molar-refractivity contribution < 1.29 is 9.53 Å². The molecule has 0 radical (unpaired) electrons. The third-order valence-electron chi connectivity index (χ3n) is 3.78. The number of aliphatic imine (C=N–C) groups is 2. The molecule has 0 atom stereocenters. The van der Waals surface area contributed by atoms with Crippen molar-refractivity contribution in [1.29, 1.82) is 0 Å². The van der Waals surface area contributed by atoms with Crippen LogP contribution in [0.1, 0.15) is 34.8 Å².